The summed E-state index contributed by atoms with van der Waals surface area (Å²) in [6.07, 6.45) is -0.598. The predicted octanol–water partition coefficient (Wildman–Crippen LogP) is 3.19. The zero-order valence-corrected chi connectivity index (χ0v) is 17.3. The summed E-state index contributed by atoms with van der Waals surface area (Å²) in [6, 6.07) is 27.3. The first-order chi connectivity index (χ1) is 14.5. The fourth-order valence-corrected chi connectivity index (χ4v) is 6.83. The van der Waals surface area contributed by atoms with Crippen molar-refractivity contribution in [2.45, 2.75) is 13.3 Å². The van der Waals surface area contributed by atoms with E-state index < -0.39 is 36.9 Å². The Morgan fingerprint density at radius 1 is 0.667 bits per heavy atom. The van der Waals surface area contributed by atoms with Crippen LogP contribution in [0.3, 0.4) is 0 Å². The second-order valence-electron chi connectivity index (χ2n) is 6.63. The molecular weight excluding hydrogens is 399 g/mol. The molecule has 6 heteroatoms. The van der Waals surface area contributed by atoms with Gasteiger partial charge in [0.1, 0.15) is 21.7 Å². The lowest BCUT2D eigenvalue weighted by molar-refractivity contribution is -0.149. The van der Waals surface area contributed by atoms with Crippen LogP contribution in [0.15, 0.2) is 91.0 Å². The van der Waals surface area contributed by atoms with Gasteiger partial charge in [0.2, 0.25) is 13.0 Å². The van der Waals surface area contributed by atoms with Crippen molar-refractivity contribution < 1.29 is 23.9 Å². The first-order valence-electron chi connectivity index (χ1n) is 9.31. The Hall–Kier alpha value is -3.43. The van der Waals surface area contributed by atoms with Gasteiger partial charge in [-0.15, -0.1) is 0 Å². The highest BCUT2D eigenvalue weighted by Gasteiger charge is 2.56. The van der Waals surface area contributed by atoms with Gasteiger partial charge in [0.15, 0.2) is 0 Å². The first kappa shape index (κ1) is 21.3. The van der Waals surface area contributed by atoms with Gasteiger partial charge in [0.25, 0.3) is 0 Å². The summed E-state index contributed by atoms with van der Waals surface area (Å²) in [5, 5.41) is 2.08. The van der Waals surface area contributed by atoms with E-state index in [-0.39, 0.29) is 0 Å². The van der Waals surface area contributed by atoms with E-state index in [1.807, 2.05) is 91.0 Å². The van der Waals surface area contributed by atoms with Gasteiger partial charge in [-0.25, -0.2) is 9.59 Å². The molecule has 0 radical (unpaired) electrons. The standard InChI is InChI=1S/C24H20O5P/c1-18(25)17-22(26)23(27)29-24(28)30(19-11-5-2-6-12-19,20-13-7-3-8-14-20)21-15-9-4-10-16-21/h2-16H,17H2,1H3/q+1. The number of carbonyl (C=O) groups is 4. The van der Waals surface area contributed by atoms with E-state index in [4.69, 9.17) is 4.74 Å². The Bertz CT molecular complexity index is 966. The molecule has 5 nitrogen and oxygen atoms in total. The van der Waals surface area contributed by atoms with Crippen molar-refractivity contribution in [1.29, 1.82) is 0 Å². The Labute approximate surface area is 175 Å². The molecule has 0 N–H and O–H groups in total. The van der Waals surface area contributed by atoms with Crippen LogP contribution in [0.5, 0.6) is 0 Å². The van der Waals surface area contributed by atoms with Gasteiger partial charge < -0.3 is 4.74 Å². The van der Waals surface area contributed by atoms with E-state index in [2.05, 4.69) is 0 Å². The Morgan fingerprint density at radius 2 is 1.03 bits per heavy atom. The normalized spacial score (nSPS) is 10.8. The molecule has 0 aliphatic carbocycles. The summed E-state index contributed by atoms with van der Waals surface area (Å²) in [5.41, 5.74) is -0.798. The van der Waals surface area contributed by atoms with E-state index >= 15 is 0 Å². The lowest BCUT2D eigenvalue weighted by Gasteiger charge is -2.23. The Balaban J connectivity index is 2.19. The van der Waals surface area contributed by atoms with E-state index in [1.54, 1.807) is 0 Å². The number of carbonyl (C=O) groups excluding carboxylic acids is 4. The molecule has 0 aliphatic rings. The molecule has 0 saturated carbocycles. The highest BCUT2D eigenvalue weighted by atomic mass is 31.2. The number of ketones is 2. The number of hydrogen-bond donors (Lipinski definition) is 0. The maximum Gasteiger partial charge on any atom is 0.474 e. The van der Waals surface area contributed by atoms with Gasteiger partial charge in [0.05, 0.1) is 6.42 Å². The Kier molecular flexibility index (Phi) is 6.65. The molecule has 0 fully saturated rings. The van der Waals surface area contributed by atoms with Crippen LogP contribution in [0.4, 0.5) is 4.79 Å². The summed E-state index contributed by atoms with van der Waals surface area (Å²) in [5.74, 6) is -2.83. The molecule has 0 amide bonds. The van der Waals surface area contributed by atoms with Crippen LogP contribution < -0.4 is 15.9 Å². The lowest BCUT2D eigenvalue weighted by atomic mass is 10.2. The highest BCUT2D eigenvalue weighted by molar-refractivity contribution is 8.08. The maximum absolute atomic E-state index is 13.6. The summed E-state index contributed by atoms with van der Waals surface area (Å²) < 4.78 is 5.11. The van der Waals surface area contributed by atoms with E-state index in [9.17, 15) is 19.2 Å². The van der Waals surface area contributed by atoms with Crippen LogP contribution >= 0.6 is 7.26 Å². The van der Waals surface area contributed by atoms with Gasteiger partial charge in [0, 0.05) is 0 Å². The third-order valence-corrected chi connectivity index (χ3v) is 8.38. The highest BCUT2D eigenvalue weighted by Crippen LogP contribution is 2.57. The SMILES string of the molecule is CC(=O)CC(=O)C(=O)OC(=O)[P+](c1ccccc1)(c1ccccc1)c1ccccc1. The van der Waals surface area contributed by atoms with Crippen molar-refractivity contribution >= 4 is 46.4 Å². The lowest BCUT2D eigenvalue weighted by Crippen LogP contribution is -2.38. The minimum atomic E-state index is -3.09. The molecule has 0 spiro atoms. The third-order valence-electron chi connectivity index (χ3n) is 4.52. The van der Waals surface area contributed by atoms with Crippen molar-refractivity contribution in [3.63, 3.8) is 0 Å². The smallest absolute Gasteiger partial charge is 0.355 e. The molecule has 0 bridgehead atoms. The third kappa shape index (κ3) is 4.27. The van der Waals surface area contributed by atoms with Crippen LogP contribution in [0.25, 0.3) is 0 Å². The van der Waals surface area contributed by atoms with E-state index in [1.165, 1.54) is 6.92 Å². The van der Waals surface area contributed by atoms with Gasteiger partial charge >= 0.3 is 11.7 Å². The molecule has 3 aromatic rings. The second kappa shape index (κ2) is 9.38. The number of ether oxygens (including phenoxy) is 1. The summed E-state index contributed by atoms with van der Waals surface area (Å²) in [6.45, 7) is 1.20. The molecule has 150 valence electrons. The zero-order chi connectivity index (χ0) is 21.6. The molecule has 3 aromatic carbocycles. The zero-order valence-electron chi connectivity index (χ0n) is 16.4. The summed E-state index contributed by atoms with van der Waals surface area (Å²) in [4.78, 5) is 49.1. The molecule has 0 heterocycles. The molecule has 0 aromatic heterocycles. The average molecular weight is 419 g/mol. The van der Waals surface area contributed by atoms with Gasteiger partial charge in [-0.3, -0.25) is 9.59 Å². The average Bonchev–Trinajstić information content (AvgIpc) is 2.76. The predicted molar refractivity (Wildman–Crippen MR) is 117 cm³/mol. The number of rotatable bonds is 7. The minimum absolute atomic E-state index is 0.473. The number of Topliss-reactive ketones (excluding diaryl/α,β-unsaturated/α-hetero) is 2. The fraction of sp³-hybridized carbons (Fsp3) is 0.0833. The van der Waals surface area contributed by atoms with Crippen molar-refractivity contribution in [1.82, 2.24) is 0 Å². The minimum Gasteiger partial charge on any atom is -0.355 e. The van der Waals surface area contributed by atoms with Gasteiger partial charge in [-0.2, -0.15) is 0 Å². The van der Waals surface area contributed by atoms with Crippen LogP contribution in [-0.4, -0.2) is 23.2 Å². The number of esters is 1. The topological polar surface area (TPSA) is 77.5 Å². The fourth-order valence-electron chi connectivity index (χ4n) is 3.22. The van der Waals surface area contributed by atoms with Crippen LogP contribution in [0.1, 0.15) is 13.3 Å². The quantitative estimate of drug-likeness (QED) is 0.254. The van der Waals surface area contributed by atoms with Crippen LogP contribution in [0.2, 0.25) is 0 Å². The van der Waals surface area contributed by atoms with Gasteiger partial charge in [-0.05, 0) is 43.3 Å². The summed E-state index contributed by atoms with van der Waals surface area (Å²) >= 11 is 0. The number of benzene rings is 3. The molecule has 0 unspecified atom stereocenters. The van der Waals surface area contributed by atoms with Crippen molar-refractivity contribution in [3.05, 3.63) is 91.0 Å². The van der Waals surface area contributed by atoms with Gasteiger partial charge in [-0.1, -0.05) is 54.6 Å². The van der Waals surface area contributed by atoms with Crippen molar-refractivity contribution in [2.75, 3.05) is 0 Å². The van der Waals surface area contributed by atoms with Crippen molar-refractivity contribution in [2.24, 2.45) is 0 Å². The first-order valence-corrected chi connectivity index (χ1v) is 11.1. The van der Waals surface area contributed by atoms with E-state index in [0.29, 0.717) is 15.9 Å². The maximum atomic E-state index is 13.6. The van der Waals surface area contributed by atoms with Crippen molar-refractivity contribution in [3.8, 4) is 0 Å². The number of hydrogen-bond acceptors (Lipinski definition) is 5. The molecule has 0 aliphatic heterocycles. The molecule has 0 atom stereocenters. The largest absolute Gasteiger partial charge is 0.474 e. The second-order valence-corrected chi connectivity index (χ2v) is 9.89. The van der Waals surface area contributed by atoms with E-state index in [0.717, 1.165) is 0 Å². The van der Waals surface area contributed by atoms with Crippen LogP contribution in [0, 0.1) is 0 Å². The van der Waals surface area contributed by atoms with Crippen LogP contribution in [-0.2, 0) is 19.1 Å². The monoisotopic (exact) mass is 419 g/mol. The molecule has 0 saturated heterocycles. The molecule has 3 rings (SSSR count). The molecule has 30 heavy (non-hydrogen) atoms. The molecular formula is C24H20O5P+. The Morgan fingerprint density at radius 3 is 1.37 bits per heavy atom. The summed E-state index contributed by atoms with van der Waals surface area (Å²) in [7, 11) is -3.09.